The number of carbonyl (C=O) groups excluding carboxylic acids is 1. The minimum atomic E-state index is 0.00592. The molecule has 0 amide bonds. The monoisotopic (exact) mass is 585 g/mol. The fourth-order valence-electron chi connectivity index (χ4n) is 5.00. The van der Waals surface area contributed by atoms with Crippen molar-refractivity contribution in [2.45, 2.75) is 84.0 Å². The molecule has 0 aliphatic carbocycles. The van der Waals surface area contributed by atoms with E-state index >= 15 is 0 Å². The first-order valence-corrected chi connectivity index (χ1v) is 16.7. The SMILES string of the molecule is CC(C)=CCCC(C)=CCCC(C)=CCSc1ccccc1/C=C/C(=O)c1ccc(OCCCN2CCCCC2)cc1. The van der Waals surface area contributed by atoms with Crippen LogP contribution >= 0.6 is 11.8 Å². The third-order valence-electron chi connectivity index (χ3n) is 7.60. The van der Waals surface area contributed by atoms with Gasteiger partial charge in [0.05, 0.1) is 6.61 Å². The minimum Gasteiger partial charge on any atom is -0.494 e. The van der Waals surface area contributed by atoms with E-state index in [2.05, 4.69) is 69.0 Å². The van der Waals surface area contributed by atoms with Crippen molar-refractivity contribution >= 4 is 23.6 Å². The van der Waals surface area contributed by atoms with Crippen molar-refractivity contribution in [1.29, 1.82) is 0 Å². The van der Waals surface area contributed by atoms with Gasteiger partial charge in [-0.2, -0.15) is 0 Å². The molecule has 0 aromatic heterocycles. The zero-order chi connectivity index (χ0) is 30.0. The molecule has 3 rings (SSSR count). The molecule has 0 spiro atoms. The highest BCUT2D eigenvalue weighted by atomic mass is 32.2. The summed E-state index contributed by atoms with van der Waals surface area (Å²) in [5.74, 6) is 1.75. The molecule has 1 saturated heterocycles. The second-order valence-electron chi connectivity index (χ2n) is 11.6. The minimum absolute atomic E-state index is 0.00592. The number of nitrogens with zero attached hydrogens (tertiary/aromatic N) is 1. The number of rotatable bonds is 17. The summed E-state index contributed by atoms with van der Waals surface area (Å²) >= 11 is 1.82. The van der Waals surface area contributed by atoms with Gasteiger partial charge in [-0.25, -0.2) is 0 Å². The van der Waals surface area contributed by atoms with Gasteiger partial charge in [-0.1, -0.05) is 59.6 Å². The number of thioether (sulfide) groups is 1. The molecule has 2 aromatic carbocycles. The van der Waals surface area contributed by atoms with Crippen molar-refractivity contribution in [2.75, 3.05) is 32.0 Å². The van der Waals surface area contributed by atoms with Crippen LogP contribution in [0, 0.1) is 0 Å². The quantitative estimate of drug-likeness (QED) is 0.0607. The smallest absolute Gasteiger partial charge is 0.185 e. The molecule has 2 aromatic rings. The Morgan fingerprint density at radius 3 is 2.29 bits per heavy atom. The zero-order valence-corrected chi connectivity index (χ0v) is 27.2. The second-order valence-corrected chi connectivity index (χ2v) is 12.7. The standard InChI is InChI=1S/C38H51NO2S/c1-31(2)13-10-14-32(3)15-11-16-33(4)25-30-42-38-18-7-6-17-35(38)21-24-37(40)34-19-22-36(23-20-34)41-29-12-28-39-26-8-5-9-27-39/h6-7,13,15,17-25H,5,8-12,14,16,26-30H2,1-4H3/b24-21+,32-15?,33-25?. The molecule has 0 atom stereocenters. The van der Waals surface area contributed by atoms with Crippen molar-refractivity contribution in [3.05, 3.63) is 101 Å². The van der Waals surface area contributed by atoms with Gasteiger partial charge in [-0.05, 0) is 134 Å². The average molecular weight is 586 g/mol. The fourth-order valence-corrected chi connectivity index (χ4v) is 6.03. The molecule has 1 aliphatic heterocycles. The lowest BCUT2D eigenvalue weighted by Gasteiger charge is -2.26. The Morgan fingerprint density at radius 1 is 0.857 bits per heavy atom. The van der Waals surface area contributed by atoms with Gasteiger partial charge in [0.1, 0.15) is 5.75 Å². The van der Waals surface area contributed by atoms with Crippen LogP contribution in [0.1, 0.15) is 95.0 Å². The Hall–Kier alpha value is -2.82. The van der Waals surface area contributed by atoms with Gasteiger partial charge in [0, 0.05) is 22.8 Å². The summed E-state index contributed by atoms with van der Waals surface area (Å²) < 4.78 is 5.92. The van der Waals surface area contributed by atoms with Gasteiger partial charge in [0.25, 0.3) is 0 Å². The highest BCUT2D eigenvalue weighted by Crippen LogP contribution is 2.25. The highest BCUT2D eigenvalue weighted by molar-refractivity contribution is 7.99. The fraction of sp³-hybridized carbons (Fsp3) is 0.447. The molecule has 3 nitrogen and oxygen atoms in total. The van der Waals surface area contributed by atoms with Gasteiger partial charge in [-0.15, -0.1) is 11.8 Å². The van der Waals surface area contributed by atoms with E-state index in [1.807, 2.05) is 48.2 Å². The summed E-state index contributed by atoms with van der Waals surface area (Å²) in [6, 6.07) is 15.8. The van der Waals surface area contributed by atoms with Crippen LogP contribution in [0.2, 0.25) is 0 Å². The van der Waals surface area contributed by atoms with E-state index in [1.54, 1.807) is 6.08 Å². The van der Waals surface area contributed by atoms with Gasteiger partial charge in [-0.3, -0.25) is 4.79 Å². The number of ketones is 1. The van der Waals surface area contributed by atoms with E-state index in [0.29, 0.717) is 12.2 Å². The number of carbonyl (C=O) groups is 1. The van der Waals surface area contributed by atoms with Gasteiger partial charge < -0.3 is 9.64 Å². The second kappa shape index (κ2) is 19.4. The van der Waals surface area contributed by atoms with Crippen molar-refractivity contribution in [3.8, 4) is 5.75 Å². The number of hydrogen-bond acceptors (Lipinski definition) is 4. The van der Waals surface area contributed by atoms with Gasteiger partial charge in [0.2, 0.25) is 0 Å². The first-order chi connectivity index (χ1) is 20.4. The summed E-state index contributed by atoms with van der Waals surface area (Å²) in [6.07, 6.45) is 20.2. The Bertz CT molecular complexity index is 1210. The van der Waals surface area contributed by atoms with Gasteiger partial charge >= 0.3 is 0 Å². The lowest BCUT2D eigenvalue weighted by molar-refractivity contribution is 0.104. The molecule has 0 N–H and O–H groups in total. The van der Waals surface area contributed by atoms with E-state index in [9.17, 15) is 4.79 Å². The topological polar surface area (TPSA) is 29.5 Å². The first kappa shape index (κ1) is 33.7. The summed E-state index contributed by atoms with van der Waals surface area (Å²) in [6.45, 7) is 13.0. The lowest BCUT2D eigenvalue weighted by atomic mass is 10.1. The van der Waals surface area contributed by atoms with Crippen LogP contribution in [0.15, 0.2) is 94.4 Å². The maximum atomic E-state index is 12.9. The molecule has 0 unspecified atom stereocenters. The maximum absolute atomic E-state index is 12.9. The summed E-state index contributed by atoms with van der Waals surface area (Å²) in [7, 11) is 0. The van der Waals surface area contributed by atoms with Crippen molar-refractivity contribution in [1.82, 2.24) is 4.90 Å². The molecular weight excluding hydrogens is 534 g/mol. The number of benzene rings is 2. The number of ether oxygens (including phenoxy) is 1. The third kappa shape index (κ3) is 13.4. The molecule has 1 fully saturated rings. The summed E-state index contributed by atoms with van der Waals surface area (Å²) in [5.41, 5.74) is 6.05. The summed E-state index contributed by atoms with van der Waals surface area (Å²) in [5, 5.41) is 0. The van der Waals surface area contributed by atoms with E-state index in [4.69, 9.17) is 4.74 Å². The number of hydrogen-bond donors (Lipinski definition) is 0. The molecular formula is C38H51NO2S. The van der Waals surface area contributed by atoms with Crippen LogP contribution in [0.4, 0.5) is 0 Å². The molecule has 42 heavy (non-hydrogen) atoms. The molecule has 226 valence electrons. The van der Waals surface area contributed by atoms with Crippen LogP contribution in [-0.4, -0.2) is 42.7 Å². The lowest BCUT2D eigenvalue weighted by Crippen LogP contribution is -2.31. The predicted molar refractivity (Wildman–Crippen MR) is 183 cm³/mol. The number of allylic oxidation sites excluding steroid dienone is 6. The molecule has 0 radical (unpaired) electrons. The third-order valence-corrected chi connectivity index (χ3v) is 8.62. The van der Waals surface area contributed by atoms with Crippen LogP contribution in [0.25, 0.3) is 6.08 Å². The van der Waals surface area contributed by atoms with Crippen LogP contribution in [-0.2, 0) is 0 Å². The Balaban J connectivity index is 1.42. The molecule has 1 heterocycles. The number of piperidine rings is 1. The van der Waals surface area contributed by atoms with Gasteiger partial charge in [0.15, 0.2) is 5.78 Å². The van der Waals surface area contributed by atoms with Crippen LogP contribution in [0.3, 0.4) is 0 Å². The Kier molecular flexibility index (Phi) is 15.5. The number of likely N-dealkylation sites (tertiary alicyclic amines) is 1. The van der Waals surface area contributed by atoms with Crippen molar-refractivity contribution in [2.24, 2.45) is 0 Å². The predicted octanol–water partition coefficient (Wildman–Crippen LogP) is 10.3. The largest absolute Gasteiger partial charge is 0.494 e. The van der Waals surface area contributed by atoms with Crippen LogP contribution in [0.5, 0.6) is 5.75 Å². The summed E-state index contributed by atoms with van der Waals surface area (Å²) in [4.78, 5) is 16.6. The van der Waals surface area contributed by atoms with E-state index < -0.39 is 0 Å². The normalized spacial score (nSPS) is 14.8. The molecule has 0 bridgehead atoms. The Morgan fingerprint density at radius 2 is 1.55 bits per heavy atom. The first-order valence-electron chi connectivity index (χ1n) is 15.7. The molecule has 1 aliphatic rings. The van der Waals surface area contributed by atoms with Crippen molar-refractivity contribution < 1.29 is 9.53 Å². The molecule has 0 saturated carbocycles. The maximum Gasteiger partial charge on any atom is 0.185 e. The molecule has 4 heteroatoms. The Labute approximate surface area is 259 Å². The van der Waals surface area contributed by atoms with E-state index in [0.717, 1.165) is 55.7 Å². The van der Waals surface area contributed by atoms with Crippen LogP contribution < -0.4 is 4.74 Å². The van der Waals surface area contributed by atoms with E-state index in [1.165, 1.54) is 54.0 Å². The van der Waals surface area contributed by atoms with E-state index in [-0.39, 0.29) is 5.78 Å². The zero-order valence-electron chi connectivity index (χ0n) is 26.4. The average Bonchev–Trinajstić information content (AvgIpc) is 2.99. The highest BCUT2D eigenvalue weighted by Gasteiger charge is 2.09. The van der Waals surface area contributed by atoms with Crippen molar-refractivity contribution in [3.63, 3.8) is 0 Å².